The molecule has 43 heavy (non-hydrogen) atoms. The predicted molar refractivity (Wildman–Crippen MR) is 182 cm³/mol. The van der Waals surface area contributed by atoms with Gasteiger partial charge in [-0.05, 0) is 59.2 Å². The van der Waals surface area contributed by atoms with Gasteiger partial charge in [-0.3, -0.25) is 4.79 Å². The molecule has 5 heteroatoms. The van der Waals surface area contributed by atoms with Gasteiger partial charge in [-0.2, -0.15) is 0 Å². The fourth-order valence-electron chi connectivity index (χ4n) is 6.39. The first kappa shape index (κ1) is 34.9. The van der Waals surface area contributed by atoms with Gasteiger partial charge in [0.15, 0.2) is 5.78 Å². The summed E-state index contributed by atoms with van der Waals surface area (Å²) in [5.74, 6) is 0.547. The Morgan fingerprint density at radius 2 is 1.58 bits per heavy atom. The molecule has 0 unspecified atom stereocenters. The number of allylic oxidation sites excluding steroid dienone is 2. The molecule has 0 aliphatic heterocycles. The van der Waals surface area contributed by atoms with Crippen molar-refractivity contribution in [2.45, 2.75) is 92.3 Å². The van der Waals surface area contributed by atoms with Crippen LogP contribution in [0.5, 0.6) is 0 Å². The van der Waals surface area contributed by atoms with Gasteiger partial charge in [-0.25, -0.2) is 0 Å². The van der Waals surface area contributed by atoms with Crippen molar-refractivity contribution < 1.29 is 30.0 Å². The Morgan fingerprint density at radius 1 is 0.953 bits per heavy atom. The van der Waals surface area contributed by atoms with Crippen molar-refractivity contribution in [2.75, 3.05) is 0 Å². The van der Waals surface area contributed by atoms with Crippen LogP contribution in [0.15, 0.2) is 66.6 Å². The Labute approximate surface area is 273 Å². The minimum absolute atomic E-state index is 0. The van der Waals surface area contributed by atoms with E-state index in [9.17, 15) is 9.90 Å². The van der Waals surface area contributed by atoms with Gasteiger partial charge in [0.05, 0.1) is 13.8 Å². The maximum atomic E-state index is 11.7. The number of carbonyl (C=O) groups is 1. The van der Waals surface area contributed by atoms with Crippen molar-refractivity contribution in [1.29, 1.82) is 0 Å². The van der Waals surface area contributed by atoms with Crippen LogP contribution in [0.2, 0.25) is 19.6 Å². The fraction of sp³-hybridized carbons (Fsp3) is 0.421. The maximum absolute atomic E-state index is 11.7. The summed E-state index contributed by atoms with van der Waals surface area (Å²) < 4.78 is 0. The Kier molecular flexibility index (Phi) is 11.4. The summed E-state index contributed by atoms with van der Waals surface area (Å²) in [7, 11) is -1.43. The number of aliphatic hydroxyl groups is 1. The monoisotopic (exact) mass is 771 g/mol. The maximum Gasteiger partial charge on any atom is 0.162 e. The Bertz CT molecular complexity index is 1620. The minimum atomic E-state index is -1.43. The number of aromatic nitrogens is 1. The zero-order valence-electron chi connectivity index (χ0n) is 27.4. The molecule has 0 fully saturated rings. The van der Waals surface area contributed by atoms with Crippen molar-refractivity contribution in [3.8, 4) is 11.3 Å². The molecular weight excluding hydrogens is 723 g/mol. The van der Waals surface area contributed by atoms with Gasteiger partial charge in [0.1, 0.15) is 0 Å². The largest absolute Gasteiger partial charge is 0.512 e. The van der Waals surface area contributed by atoms with E-state index in [2.05, 4.69) is 88.1 Å². The minimum Gasteiger partial charge on any atom is -0.512 e. The van der Waals surface area contributed by atoms with Crippen molar-refractivity contribution in [3.05, 3.63) is 83.8 Å². The molecule has 0 saturated carbocycles. The fourth-order valence-corrected chi connectivity index (χ4v) is 7.56. The van der Waals surface area contributed by atoms with Crippen LogP contribution in [0.1, 0.15) is 78.4 Å². The predicted octanol–water partition coefficient (Wildman–Crippen LogP) is 9.91. The van der Waals surface area contributed by atoms with E-state index in [1.54, 1.807) is 0 Å². The third kappa shape index (κ3) is 6.90. The number of ketones is 1. The second kappa shape index (κ2) is 14.0. The smallest absolute Gasteiger partial charge is 0.162 e. The van der Waals surface area contributed by atoms with Crippen LogP contribution in [0.25, 0.3) is 32.8 Å². The molecule has 1 N–H and O–H groups in total. The number of pyridine rings is 1. The van der Waals surface area contributed by atoms with Gasteiger partial charge in [-0.1, -0.05) is 114 Å². The molecule has 3 nitrogen and oxygen atoms in total. The number of aliphatic hydroxyl groups excluding tert-OH is 1. The molecule has 4 aromatic rings. The zero-order valence-corrected chi connectivity index (χ0v) is 30.8. The van der Waals surface area contributed by atoms with Crippen LogP contribution in [-0.2, 0) is 30.3 Å². The molecule has 0 atom stereocenters. The number of benzene rings is 3. The molecular formula is C38H48IrNO2Si-. The average Bonchev–Trinajstić information content (AvgIpc) is 2.96. The van der Waals surface area contributed by atoms with Gasteiger partial charge in [-0.15, -0.1) is 23.3 Å². The van der Waals surface area contributed by atoms with E-state index < -0.39 is 8.07 Å². The molecule has 1 radical (unpaired) electrons. The normalized spacial score (nSPS) is 13.9. The molecule has 0 spiro atoms. The number of rotatable bonds is 8. The first-order valence-corrected chi connectivity index (χ1v) is 19.2. The van der Waals surface area contributed by atoms with Crippen LogP contribution in [0.4, 0.5) is 0 Å². The van der Waals surface area contributed by atoms with E-state index in [0.29, 0.717) is 0 Å². The third-order valence-electron chi connectivity index (χ3n) is 9.20. The summed E-state index contributed by atoms with van der Waals surface area (Å²) in [6.45, 7) is 20.1. The van der Waals surface area contributed by atoms with E-state index in [4.69, 9.17) is 4.98 Å². The van der Waals surface area contributed by atoms with E-state index in [1.165, 1.54) is 43.9 Å². The van der Waals surface area contributed by atoms with Crippen LogP contribution in [0.3, 0.4) is 0 Å². The molecule has 3 aromatic carbocycles. The summed E-state index contributed by atoms with van der Waals surface area (Å²) in [6, 6.07) is 21.4. The molecule has 1 aliphatic carbocycles. The molecule has 0 amide bonds. The molecule has 1 aliphatic rings. The van der Waals surface area contributed by atoms with Crippen molar-refractivity contribution in [1.82, 2.24) is 4.98 Å². The third-order valence-corrected chi connectivity index (χ3v) is 11.2. The Morgan fingerprint density at radius 3 is 2.19 bits per heavy atom. The van der Waals surface area contributed by atoms with Crippen LogP contribution < -0.4 is 5.19 Å². The average molecular weight is 771 g/mol. The van der Waals surface area contributed by atoms with Gasteiger partial charge in [0.2, 0.25) is 0 Å². The summed E-state index contributed by atoms with van der Waals surface area (Å²) in [5.41, 5.74) is 4.94. The number of fused-ring (bicyclic) bond motifs is 4. The molecule has 1 aromatic heterocycles. The van der Waals surface area contributed by atoms with E-state index in [1.807, 2.05) is 33.9 Å². The van der Waals surface area contributed by atoms with E-state index in [0.717, 1.165) is 36.9 Å². The molecule has 0 bridgehead atoms. The van der Waals surface area contributed by atoms with E-state index >= 15 is 0 Å². The number of carbonyl (C=O) groups excluding carboxylic acids is 1. The van der Waals surface area contributed by atoms with Crippen LogP contribution in [0, 0.1) is 17.9 Å². The number of hydrogen-bond donors (Lipinski definition) is 1. The summed E-state index contributed by atoms with van der Waals surface area (Å²) in [6.07, 6.45) is 6.87. The molecule has 0 saturated heterocycles. The van der Waals surface area contributed by atoms with Gasteiger partial charge < -0.3 is 10.1 Å². The standard InChI is InChI=1S/C25H24NSi.C13H24O2.Ir/c1-25(2)21-15-18(27(3,4)5)14-17-12-13-26-24(22(17)21)20-11-10-16-8-6-7-9-19(16)23(20)25;1-5-10(6-2)12(14)9-13(15)11(7-3)8-4;/h6-10,12-15H,1-5H3;9-11,14H,5-8H2,1-4H3;/q-1;;/b;12-9-;. The topological polar surface area (TPSA) is 50.2 Å². The molecule has 5 rings (SSSR count). The summed E-state index contributed by atoms with van der Waals surface area (Å²) in [5, 5.41) is 16.5. The Hall–Kier alpha value is -2.59. The second-order valence-electron chi connectivity index (χ2n) is 13.3. The second-order valence-corrected chi connectivity index (χ2v) is 18.4. The molecule has 231 valence electrons. The van der Waals surface area contributed by atoms with Crippen molar-refractivity contribution >= 4 is 40.6 Å². The Balaban J connectivity index is 0.000000274. The summed E-state index contributed by atoms with van der Waals surface area (Å²) in [4.78, 5) is 16.5. The summed E-state index contributed by atoms with van der Waals surface area (Å²) >= 11 is 0. The van der Waals surface area contributed by atoms with Crippen molar-refractivity contribution in [2.24, 2.45) is 11.8 Å². The quantitative estimate of drug-likeness (QED) is 0.0841. The van der Waals surface area contributed by atoms with E-state index in [-0.39, 0.29) is 48.9 Å². The number of hydrogen-bond acceptors (Lipinski definition) is 3. The van der Waals surface area contributed by atoms with Gasteiger partial charge in [0.25, 0.3) is 0 Å². The SMILES string of the molecule is CC1(C)c2c([c-]cc3ccccc23)-c2nccc3cc([Si](C)(C)C)cc1c23.CCC(CC)C(=O)/C=C(\O)C(CC)CC.[Ir]. The first-order chi connectivity index (χ1) is 19.9. The van der Waals surface area contributed by atoms with Crippen molar-refractivity contribution in [3.63, 3.8) is 0 Å². The zero-order chi connectivity index (χ0) is 30.8. The molecule has 1 heterocycles. The van der Waals surface area contributed by atoms with Crippen LogP contribution >= 0.6 is 0 Å². The van der Waals surface area contributed by atoms with Gasteiger partial charge in [0, 0.05) is 44.2 Å². The van der Waals surface area contributed by atoms with Crippen LogP contribution in [-0.4, -0.2) is 23.9 Å². The van der Waals surface area contributed by atoms with Gasteiger partial charge >= 0.3 is 0 Å². The number of nitrogens with zero attached hydrogens (tertiary/aromatic N) is 1. The first-order valence-electron chi connectivity index (χ1n) is 15.7.